The predicted octanol–water partition coefficient (Wildman–Crippen LogP) is 4.25. The van der Waals surface area contributed by atoms with Crippen LogP contribution in [0.3, 0.4) is 0 Å². The summed E-state index contributed by atoms with van der Waals surface area (Å²) in [5.41, 5.74) is 3.31. The maximum Gasteiger partial charge on any atom is 0.246 e. The van der Waals surface area contributed by atoms with Crippen molar-refractivity contribution in [2.75, 3.05) is 19.0 Å². The number of carbonyl (C=O) groups excluding carboxylic acids is 1. The monoisotopic (exact) mass is 489 g/mol. The molecule has 1 N–H and O–H groups in total. The molecule has 186 valence electrons. The lowest BCUT2D eigenvalue weighted by molar-refractivity contribution is -0.137. The van der Waals surface area contributed by atoms with E-state index in [9.17, 15) is 9.18 Å². The molecule has 0 saturated carbocycles. The molecule has 2 aromatic carbocycles. The molecule has 3 heterocycles. The van der Waals surface area contributed by atoms with Gasteiger partial charge in [-0.2, -0.15) is 4.98 Å². The molecule has 0 radical (unpaired) electrons. The van der Waals surface area contributed by atoms with Crippen LogP contribution in [0.5, 0.6) is 5.75 Å². The highest BCUT2D eigenvalue weighted by molar-refractivity contribution is 5.79. The van der Waals surface area contributed by atoms with Crippen molar-refractivity contribution in [2.24, 2.45) is 5.92 Å². The number of aryl methyl sites for hydroxylation is 1. The number of hydrogen-bond donors (Lipinski definition) is 1. The smallest absolute Gasteiger partial charge is 0.246 e. The molecule has 0 bridgehead atoms. The topological polar surface area (TPSA) is 90.1 Å². The van der Waals surface area contributed by atoms with E-state index < -0.39 is 6.04 Å². The second-order valence-corrected chi connectivity index (χ2v) is 9.09. The van der Waals surface area contributed by atoms with Crippen molar-refractivity contribution in [3.8, 4) is 11.4 Å². The lowest BCUT2D eigenvalue weighted by atomic mass is 10.0. The first kappa shape index (κ1) is 23.5. The zero-order valence-electron chi connectivity index (χ0n) is 20.6. The Morgan fingerprint density at radius 1 is 1.17 bits per heavy atom. The standard InChI is InChI=1S/C26H28FN7O2/c1-16(2)25(35)33-11-12-34-24(23(33)18-5-7-19(27)8-6-18)30-26(31-34)29-20-9-10-21(22(13-20)36-4)32-14-17(3)28-15-32/h5-10,13-16,23H,11-12H2,1-4H3,(H,29,31). The summed E-state index contributed by atoms with van der Waals surface area (Å²) in [6.45, 7) is 6.68. The van der Waals surface area contributed by atoms with E-state index in [1.165, 1.54) is 12.1 Å². The second kappa shape index (κ2) is 9.44. The van der Waals surface area contributed by atoms with Gasteiger partial charge >= 0.3 is 0 Å². The molecule has 1 aliphatic rings. The molecule has 1 atom stereocenters. The number of benzene rings is 2. The van der Waals surface area contributed by atoms with Gasteiger partial charge in [-0.05, 0) is 36.8 Å². The Balaban J connectivity index is 1.47. The molecule has 0 fully saturated rings. The minimum absolute atomic E-state index is 0.0168. The van der Waals surface area contributed by atoms with Crippen molar-refractivity contribution in [3.05, 3.63) is 77.9 Å². The molecule has 0 spiro atoms. The van der Waals surface area contributed by atoms with Crippen molar-refractivity contribution in [3.63, 3.8) is 0 Å². The highest BCUT2D eigenvalue weighted by atomic mass is 19.1. The molecule has 0 saturated heterocycles. The van der Waals surface area contributed by atoms with Gasteiger partial charge in [-0.15, -0.1) is 5.10 Å². The minimum Gasteiger partial charge on any atom is -0.494 e. The summed E-state index contributed by atoms with van der Waals surface area (Å²) >= 11 is 0. The average Bonchev–Trinajstić information content (AvgIpc) is 3.49. The number of imidazole rings is 1. The lowest BCUT2D eigenvalue weighted by Gasteiger charge is -2.36. The van der Waals surface area contributed by atoms with Crippen LogP contribution in [-0.4, -0.2) is 48.8 Å². The number of amides is 1. The molecule has 1 amide bonds. The number of aromatic nitrogens is 5. The largest absolute Gasteiger partial charge is 0.494 e. The number of methoxy groups -OCH3 is 1. The third-order valence-electron chi connectivity index (χ3n) is 6.20. The van der Waals surface area contributed by atoms with E-state index in [1.807, 2.05) is 49.7 Å². The molecule has 0 aliphatic carbocycles. The van der Waals surface area contributed by atoms with Gasteiger partial charge in [0.1, 0.15) is 17.6 Å². The van der Waals surface area contributed by atoms with Gasteiger partial charge in [-0.3, -0.25) is 4.79 Å². The van der Waals surface area contributed by atoms with Gasteiger partial charge in [0.15, 0.2) is 5.82 Å². The Morgan fingerprint density at radius 3 is 2.61 bits per heavy atom. The summed E-state index contributed by atoms with van der Waals surface area (Å²) in [6, 6.07) is 11.4. The van der Waals surface area contributed by atoms with Crippen molar-refractivity contribution < 1.29 is 13.9 Å². The fraction of sp³-hybridized carbons (Fsp3) is 0.308. The van der Waals surface area contributed by atoms with E-state index in [2.05, 4.69) is 15.4 Å². The number of nitrogens with one attached hydrogen (secondary N) is 1. The van der Waals surface area contributed by atoms with Crippen molar-refractivity contribution in [1.82, 2.24) is 29.2 Å². The SMILES string of the molecule is COc1cc(Nc2nc3n(n2)CCN(C(=O)C(C)C)C3c2ccc(F)cc2)ccc1-n1cnc(C)c1. The van der Waals surface area contributed by atoms with Gasteiger partial charge < -0.3 is 19.5 Å². The molecular formula is C26H28FN7O2. The van der Waals surface area contributed by atoms with E-state index in [1.54, 1.807) is 35.2 Å². The third kappa shape index (κ3) is 4.41. The van der Waals surface area contributed by atoms with Crippen LogP contribution >= 0.6 is 0 Å². The number of anilines is 2. The Bertz CT molecular complexity index is 1390. The van der Waals surface area contributed by atoms with Crippen LogP contribution in [0.25, 0.3) is 5.69 Å². The average molecular weight is 490 g/mol. The molecule has 9 nitrogen and oxygen atoms in total. The van der Waals surface area contributed by atoms with Gasteiger partial charge in [0.05, 0.1) is 31.4 Å². The highest BCUT2D eigenvalue weighted by Crippen LogP contribution is 2.34. The summed E-state index contributed by atoms with van der Waals surface area (Å²) in [6.07, 6.45) is 3.67. The van der Waals surface area contributed by atoms with E-state index in [4.69, 9.17) is 9.72 Å². The Kier molecular flexibility index (Phi) is 6.17. The van der Waals surface area contributed by atoms with Gasteiger partial charge in [0.2, 0.25) is 11.9 Å². The normalized spacial score (nSPS) is 15.2. The summed E-state index contributed by atoms with van der Waals surface area (Å²) in [5, 5.41) is 7.90. The van der Waals surface area contributed by atoms with Crippen LogP contribution in [0.2, 0.25) is 0 Å². The van der Waals surface area contributed by atoms with Gasteiger partial charge in [0, 0.05) is 30.4 Å². The van der Waals surface area contributed by atoms with Crippen molar-refractivity contribution >= 4 is 17.5 Å². The Labute approximate surface area is 208 Å². The number of nitrogens with zero attached hydrogens (tertiary/aromatic N) is 6. The Morgan fingerprint density at radius 2 is 1.94 bits per heavy atom. The molecule has 2 aromatic heterocycles. The number of hydrogen-bond acceptors (Lipinski definition) is 6. The number of carbonyl (C=O) groups is 1. The lowest BCUT2D eigenvalue weighted by Crippen LogP contribution is -2.44. The summed E-state index contributed by atoms with van der Waals surface area (Å²) in [4.78, 5) is 23.9. The molecular weight excluding hydrogens is 461 g/mol. The van der Waals surface area contributed by atoms with Gasteiger partial charge in [0.25, 0.3) is 0 Å². The van der Waals surface area contributed by atoms with Crippen LogP contribution in [0, 0.1) is 18.7 Å². The zero-order chi connectivity index (χ0) is 25.4. The van der Waals surface area contributed by atoms with E-state index in [0.717, 1.165) is 22.6 Å². The summed E-state index contributed by atoms with van der Waals surface area (Å²) < 4.78 is 23.0. The fourth-order valence-electron chi connectivity index (χ4n) is 4.44. The summed E-state index contributed by atoms with van der Waals surface area (Å²) in [7, 11) is 1.62. The van der Waals surface area contributed by atoms with Crippen LogP contribution in [-0.2, 0) is 11.3 Å². The molecule has 1 unspecified atom stereocenters. The predicted molar refractivity (Wildman–Crippen MR) is 133 cm³/mol. The van der Waals surface area contributed by atoms with E-state index in [0.29, 0.717) is 30.6 Å². The van der Waals surface area contributed by atoms with Crippen LogP contribution in [0.4, 0.5) is 16.0 Å². The number of rotatable bonds is 6. The highest BCUT2D eigenvalue weighted by Gasteiger charge is 2.36. The van der Waals surface area contributed by atoms with Crippen LogP contribution in [0.1, 0.15) is 37.0 Å². The summed E-state index contributed by atoms with van der Waals surface area (Å²) in [5.74, 6) is 1.21. The van der Waals surface area contributed by atoms with E-state index >= 15 is 0 Å². The molecule has 5 rings (SSSR count). The first-order chi connectivity index (χ1) is 17.3. The van der Waals surface area contributed by atoms with Crippen LogP contribution in [0.15, 0.2) is 55.0 Å². The van der Waals surface area contributed by atoms with Gasteiger partial charge in [-0.1, -0.05) is 26.0 Å². The van der Waals surface area contributed by atoms with Gasteiger partial charge in [-0.25, -0.2) is 14.1 Å². The second-order valence-electron chi connectivity index (χ2n) is 9.09. The number of ether oxygens (including phenoxy) is 1. The zero-order valence-corrected chi connectivity index (χ0v) is 20.6. The maximum atomic E-state index is 13.6. The molecule has 1 aliphatic heterocycles. The molecule has 10 heteroatoms. The quantitative estimate of drug-likeness (QED) is 0.436. The Hall–Kier alpha value is -4.21. The molecule has 4 aromatic rings. The first-order valence-electron chi connectivity index (χ1n) is 11.8. The number of halogens is 1. The number of fused-ring (bicyclic) bond motifs is 1. The maximum absolute atomic E-state index is 13.6. The van der Waals surface area contributed by atoms with Crippen molar-refractivity contribution in [2.45, 2.75) is 33.4 Å². The molecule has 36 heavy (non-hydrogen) atoms. The van der Waals surface area contributed by atoms with Crippen molar-refractivity contribution in [1.29, 1.82) is 0 Å². The first-order valence-corrected chi connectivity index (χ1v) is 11.8. The van der Waals surface area contributed by atoms with E-state index in [-0.39, 0.29) is 17.6 Å². The fourth-order valence-corrected chi connectivity index (χ4v) is 4.44. The third-order valence-corrected chi connectivity index (χ3v) is 6.20. The minimum atomic E-state index is -0.460. The van der Waals surface area contributed by atoms with Crippen LogP contribution < -0.4 is 10.1 Å².